The SMILES string of the molecule is CN1CCC(N2Cc3ccccc3OC2=O)CC1. The second-order valence-electron chi connectivity index (χ2n) is 5.14. The van der Waals surface area contributed by atoms with Gasteiger partial charge in [-0.3, -0.25) is 0 Å². The molecule has 0 radical (unpaired) electrons. The molecule has 0 aromatic heterocycles. The number of para-hydroxylation sites is 1. The zero-order valence-corrected chi connectivity index (χ0v) is 10.6. The monoisotopic (exact) mass is 246 g/mol. The first-order chi connectivity index (χ1) is 8.74. The highest BCUT2D eigenvalue weighted by Crippen LogP contribution is 2.29. The number of piperidine rings is 1. The second-order valence-corrected chi connectivity index (χ2v) is 5.14. The highest BCUT2D eigenvalue weighted by Gasteiger charge is 2.32. The molecule has 3 rings (SSSR count). The summed E-state index contributed by atoms with van der Waals surface area (Å²) in [6.07, 6.45) is 1.88. The van der Waals surface area contributed by atoms with E-state index < -0.39 is 0 Å². The van der Waals surface area contributed by atoms with Crippen LogP contribution >= 0.6 is 0 Å². The lowest BCUT2D eigenvalue weighted by Crippen LogP contribution is -2.48. The lowest BCUT2D eigenvalue weighted by molar-refractivity contribution is 0.0881. The smallest absolute Gasteiger partial charge is 0.410 e. The summed E-state index contributed by atoms with van der Waals surface area (Å²) in [5, 5.41) is 0. The van der Waals surface area contributed by atoms with Crippen molar-refractivity contribution in [3.8, 4) is 5.75 Å². The molecule has 2 aliphatic heterocycles. The molecule has 1 aromatic rings. The fourth-order valence-electron chi connectivity index (χ4n) is 2.72. The number of rotatable bonds is 1. The summed E-state index contributed by atoms with van der Waals surface area (Å²) in [6, 6.07) is 8.10. The number of amides is 1. The van der Waals surface area contributed by atoms with E-state index in [1.54, 1.807) is 0 Å². The molecule has 0 spiro atoms. The van der Waals surface area contributed by atoms with Crippen molar-refractivity contribution in [2.45, 2.75) is 25.4 Å². The number of hydrogen-bond acceptors (Lipinski definition) is 3. The van der Waals surface area contributed by atoms with Crippen molar-refractivity contribution in [1.82, 2.24) is 9.80 Å². The maximum atomic E-state index is 12.0. The third-order valence-corrected chi connectivity index (χ3v) is 3.87. The fourth-order valence-corrected chi connectivity index (χ4v) is 2.72. The normalized spacial score (nSPS) is 21.6. The van der Waals surface area contributed by atoms with Crippen LogP contribution in [0.15, 0.2) is 24.3 Å². The Balaban J connectivity index is 1.76. The highest BCUT2D eigenvalue weighted by atomic mass is 16.6. The number of nitrogens with zero attached hydrogens (tertiary/aromatic N) is 2. The molecule has 0 aliphatic carbocycles. The molecule has 96 valence electrons. The number of carbonyl (C=O) groups is 1. The Morgan fingerprint density at radius 2 is 1.94 bits per heavy atom. The predicted octanol–water partition coefficient (Wildman–Crippen LogP) is 2.10. The van der Waals surface area contributed by atoms with Crippen molar-refractivity contribution in [2.24, 2.45) is 0 Å². The van der Waals surface area contributed by atoms with Gasteiger partial charge in [-0.2, -0.15) is 0 Å². The Bertz CT molecular complexity index is 453. The Morgan fingerprint density at radius 3 is 2.72 bits per heavy atom. The van der Waals surface area contributed by atoms with Gasteiger partial charge >= 0.3 is 6.09 Å². The van der Waals surface area contributed by atoms with E-state index in [2.05, 4.69) is 11.9 Å². The van der Waals surface area contributed by atoms with Crippen LogP contribution in [0.5, 0.6) is 5.75 Å². The predicted molar refractivity (Wildman–Crippen MR) is 68.5 cm³/mol. The summed E-state index contributed by atoms with van der Waals surface area (Å²) in [5.74, 6) is 0.715. The number of fused-ring (bicyclic) bond motifs is 1. The Labute approximate surface area is 107 Å². The quantitative estimate of drug-likeness (QED) is 0.760. The standard InChI is InChI=1S/C14H18N2O2/c1-15-8-6-12(7-9-15)16-10-11-4-2-3-5-13(11)18-14(16)17/h2-5,12H,6-10H2,1H3. The topological polar surface area (TPSA) is 32.8 Å². The van der Waals surface area contributed by atoms with Crippen LogP contribution in [0.1, 0.15) is 18.4 Å². The van der Waals surface area contributed by atoms with E-state index in [9.17, 15) is 4.79 Å². The van der Waals surface area contributed by atoms with Gasteiger partial charge in [0.05, 0.1) is 6.54 Å². The van der Waals surface area contributed by atoms with Crippen LogP contribution in [0.25, 0.3) is 0 Å². The number of benzene rings is 1. The number of likely N-dealkylation sites (tertiary alicyclic amines) is 1. The van der Waals surface area contributed by atoms with Crippen LogP contribution in [0.3, 0.4) is 0 Å². The molecule has 0 bridgehead atoms. The third-order valence-electron chi connectivity index (χ3n) is 3.87. The van der Waals surface area contributed by atoms with Crippen molar-refractivity contribution in [3.05, 3.63) is 29.8 Å². The van der Waals surface area contributed by atoms with E-state index in [0.29, 0.717) is 18.3 Å². The van der Waals surface area contributed by atoms with E-state index in [1.165, 1.54) is 0 Å². The van der Waals surface area contributed by atoms with E-state index in [1.807, 2.05) is 29.2 Å². The van der Waals surface area contributed by atoms with Crippen molar-refractivity contribution in [3.63, 3.8) is 0 Å². The van der Waals surface area contributed by atoms with Gasteiger partial charge < -0.3 is 14.5 Å². The van der Waals surface area contributed by atoms with Gasteiger partial charge in [0, 0.05) is 11.6 Å². The van der Waals surface area contributed by atoms with Crippen LogP contribution in [0, 0.1) is 0 Å². The van der Waals surface area contributed by atoms with Crippen LogP contribution in [-0.2, 0) is 6.54 Å². The van der Waals surface area contributed by atoms with E-state index >= 15 is 0 Å². The summed E-state index contributed by atoms with van der Waals surface area (Å²) in [6.45, 7) is 2.79. The van der Waals surface area contributed by atoms with Gasteiger partial charge in [0.2, 0.25) is 0 Å². The lowest BCUT2D eigenvalue weighted by Gasteiger charge is -2.38. The summed E-state index contributed by atoms with van der Waals surface area (Å²) >= 11 is 0. The van der Waals surface area contributed by atoms with Gasteiger partial charge in [0.15, 0.2) is 0 Å². The zero-order valence-electron chi connectivity index (χ0n) is 10.6. The minimum atomic E-state index is -0.191. The van der Waals surface area contributed by atoms with E-state index in [4.69, 9.17) is 4.74 Å². The first-order valence-corrected chi connectivity index (χ1v) is 6.49. The summed E-state index contributed by atoms with van der Waals surface area (Å²) in [7, 11) is 2.13. The first kappa shape index (κ1) is 11.5. The average molecular weight is 246 g/mol. The molecule has 4 nitrogen and oxygen atoms in total. The molecular formula is C14H18N2O2. The molecule has 1 fully saturated rings. The Morgan fingerprint density at radius 1 is 1.22 bits per heavy atom. The van der Waals surface area contributed by atoms with Gasteiger partial charge in [-0.15, -0.1) is 0 Å². The second kappa shape index (κ2) is 4.61. The molecular weight excluding hydrogens is 228 g/mol. The largest absolute Gasteiger partial charge is 0.415 e. The van der Waals surface area contributed by atoms with E-state index in [0.717, 1.165) is 31.5 Å². The molecule has 0 saturated carbocycles. The molecule has 0 unspecified atom stereocenters. The fraction of sp³-hybridized carbons (Fsp3) is 0.500. The molecule has 18 heavy (non-hydrogen) atoms. The van der Waals surface area contributed by atoms with Crippen LogP contribution < -0.4 is 4.74 Å². The molecule has 1 aromatic carbocycles. The Hall–Kier alpha value is -1.55. The number of hydrogen-bond donors (Lipinski definition) is 0. The third kappa shape index (κ3) is 2.08. The molecule has 1 saturated heterocycles. The van der Waals surface area contributed by atoms with Crippen molar-refractivity contribution < 1.29 is 9.53 Å². The molecule has 2 heterocycles. The first-order valence-electron chi connectivity index (χ1n) is 6.49. The average Bonchev–Trinajstić information content (AvgIpc) is 2.39. The molecule has 2 aliphatic rings. The highest BCUT2D eigenvalue weighted by molar-refractivity contribution is 5.73. The summed E-state index contributed by atoms with van der Waals surface area (Å²) < 4.78 is 5.40. The molecule has 1 amide bonds. The lowest BCUT2D eigenvalue weighted by atomic mass is 10.0. The van der Waals surface area contributed by atoms with Gasteiger partial charge in [-0.25, -0.2) is 4.79 Å². The minimum Gasteiger partial charge on any atom is -0.410 e. The molecule has 0 N–H and O–H groups in total. The maximum absolute atomic E-state index is 12.0. The van der Waals surface area contributed by atoms with Gasteiger partial charge in [-0.1, -0.05) is 18.2 Å². The maximum Gasteiger partial charge on any atom is 0.415 e. The van der Waals surface area contributed by atoms with Crippen LogP contribution in [0.4, 0.5) is 4.79 Å². The minimum absolute atomic E-state index is 0.191. The molecule has 4 heteroatoms. The van der Waals surface area contributed by atoms with E-state index in [-0.39, 0.29) is 6.09 Å². The van der Waals surface area contributed by atoms with Crippen molar-refractivity contribution in [2.75, 3.05) is 20.1 Å². The van der Waals surface area contributed by atoms with Crippen molar-refractivity contribution in [1.29, 1.82) is 0 Å². The van der Waals surface area contributed by atoms with Gasteiger partial charge in [0.25, 0.3) is 0 Å². The number of ether oxygens (including phenoxy) is 1. The Kier molecular flexibility index (Phi) is 2.96. The molecule has 0 atom stereocenters. The van der Waals surface area contributed by atoms with Crippen LogP contribution in [-0.4, -0.2) is 42.1 Å². The van der Waals surface area contributed by atoms with Crippen LogP contribution in [0.2, 0.25) is 0 Å². The van der Waals surface area contributed by atoms with Gasteiger partial charge in [0.1, 0.15) is 5.75 Å². The summed E-state index contributed by atoms with van der Waals surface area (Å²) in [4.78, 5) is 16.2. The van der Waals surface area contributed by atoms with Gasteiger partial charge in [-0.05, 0) is 39.0 Å². The zero-order chi connectivity index (χ0) is 12.5. The van der Waals surface area contributed by atoms with Crippen molar-refractivity contribution >= 4 is 6.09 Å². The summed E-state index contributed by atoms with van der Waals surface area (Å²) in [5.41, 5.74) is 1.11. The number of carbonyl (C=O) groups excluding carboxylic acids is 1.